The van der Waals surface area contributed by atoms with Crippen molar-refractivity contribution in [1.29, 1.82) is 0 Å². The van der Waals surface area contributed by atoms with Gasteiger partial charge >= 0.3 is 30.4 Å². The van der Waals surface area contributed by atoms with E-state index in [1.54, 1.807) is 6.92 Å². The van der Waals surface area contributed by atoms with Crippen LogP contribution in [0, 0.1) is 18.4 Å². The van der Waals surface area contributed by atoms with Gasteiger partial charge in [-0.15, -0.1) is 29.8 Å². The maximum absolute atomic E-state index is 13.0. The molecule has 265 valence electrons. The molecule has 47 heavy (non-hydrogen) atoms. The van der Waals surface area contributed by atoms with Crippen LogP contribution in [0.3, 0.4) is 0 Å². The largest absolute Gasteiger partial charge is 0.459 e. The van der Waals surface area contributed by atoms with Gasteiger partial charge in [-0.2, -0.15) is 57.1 Å². The molecule has 3 aromatic rings. The Kier molecular flexibility index (Phi) is 13.2. The van der Waals surface area contributed by atoms with Gasteiger partial charge in [0.15, 0.2) is 0 Å². The molecule has 2 aromatic carbocycles. The third-order valence-corrected chi connectivity index (χ3v) is 6.41. The summed E-state index contributed by atoms with van der Waals surface area (Å²) in [4.78, 5) is 8.49. The van der Waals surface area contributed by atoms with Gasteiger partial charge in [0.05, 0.1) is 23.1 Å². The van der Waals surface area contributed by atoms with E-state index in [2.05, 4.69) is 16.0 Å². The second kappa shape index (κ2) is 14.7. The van der Waals surface area contributed by atoms with Gasteiger partial charge in [0.1, 0.15) is 6.10 Å². The molecule has 18 heteroatoms. The van der Waals surface area contributed by atoms with E-state index in [0.29, 0.717) is 11.3 Å². The first-order valence-electron chi connectivity index (χ1n) is 12.9. The smallest absolute Gasteiger partial charge is 0.392 e. The molecule has 2 unspecified atom stereocenters. The first-order valence-corrected chi connectivity index (χ1v) is 12.9. The summed E-state index contributed by atoms with van der Waals surface area (Å²) in [6, 6.07) is 9.75. The summed E-state index contributed by atoms with van der Waals surface area (Å²) in [6.45, 7) is 5.71. The van der Waals surface area contributed by atoms with Crippen molar-refractivity contribution in [3.63, 3.8) is 0 Å². The Labute approximate surface area is 273 Å². The summed E-state index contributed by atoms with van der Waals surface area (Å²) in [6.07, 6.45) is -20.3. The molecule has 0 aliphatic rings. The molecule has 0 bridgehead atoms. The maximum Gasteiger partial charge on any atom is 0.459 e. The third kappa shape index (κ3) is 10.3. The molecule has 0 spiro atoms. The predicted octanol–water partition coefficient (Wildman–Crippen LogP) is 8.93. The van der Waals surface area contributed by atoms with E-state index in [1.165, 1.54) is 45.2 Å². The molecule has 4 nitrogen and oxygen atoms in total. The fraction of sp³-hybridized carbons (Fsp3) is 0.448. The first kappa shape index (κ1) is 42.2. The van der Waals surface area contributed by atoms with Gasteiger partial charge in [0, 0.05) is 38.4 Å². The number of hydrogen-bond donors (Lipinski definition) is 2. The van der Waals surface area contributed by atoms with Crippen molar-refractivity contribution in [3.8, 4) is 22.5 Å². The van der Waals surface area contributed by atoms with Crippen molar-refractivity contribution in [2.24, 2.45) is 5.41 Å². The van der Waals surface area contributed by atoms with Crippen LogP contribution in [-0.4, -0.2) is 50.4 Å². The Morgan fingerprint density at radius 1 is 0.702 bits per heavy atom. The Bertz CT molecular complexity index is 1450. The van der Waals surface area contributed by atoms with E-state index in [1.807, 2.05) is 0 Å². The number of rotatable bonds is 6. The fourth-order valence-electron chi connectivity index (χ4n) is 3.55. The van der Waals surface area contributed by atoms with Gasteiger partial charge in [-0.25, -0.2) is 0 Å². The van der Waals surface area contributed by atoms with Crippen molar-refractivity contribution >= 4 is 0 Å². The Morgan fingerprint density at radius 2 is 1.19 bits per heavy atom. The van der Waals surface area contributed by atoms with Gasteiger partial charge in [0.25, 0.3) is 0 Å². The van der Waals surface area contributed by atoms with Crippen LogP contribution in [0.2, 0.25) is 0 Å². The number of aryl methyl sites for hydroxylation is 1. The molecule has 0 fully saturated rings. The monoisotopic (exact) mass is 874 g/mol. The molecule has 0 saturated heterocycles. The first-order chi connectivity index (χ1) is 20.6. The summed E-state index contributed by atoms with van der Waals surface area (Å²) in [5, 5.41) is 18.3. The van der Waals surface area contributed by atoms with Crippen LogP contribution < -0.4 is 0 Å². The maximum atomic E-state index is 13.0. The summed E-state index contributed by atoms with van der Waals surface area (Å²) in [7, 11) is 0. The molecule has 3 rings (SSSR count). The van der Waals surface area contributed by atoms with Crippen LogP contribution >= 0.6 is 0 Å². The molecular formula is C29H26F13IrN2O2-. The van der Waals surface area contributed by atoms with Gasteiger partial charge in [-0.3, -0.25) is 4.98 Å². The Hall–Kier alpha value is -2.82. The minimum Gasteiger partial charge on any atom is -0.392 e. The van der Waals surface area contributed by atoms with Crippen molar-refractivity contribution in [1.82, 2.24) is 9.97 Å². The molecular weight excluding hydrogens is 848 g/mol. The second-order valence-electron chi connectivity index (χ2n) is 11.1. The number of nitrogens with zero attached hydrogens (tertiary/aromatic N) is 2. The Balaban J connectivity index is 0.000000492. The van der Waals surface area contributed by atoms with E-state index in [-0.39, 0.29) is 37.1 Å². The van der Waals surface area contributed by atoms with Gasteiger partial charge in [0.2, 0.25) is 0 Å². The number of halogens is 13. The zero-order valence-electron chi connectivity index (χ0n) is 24.5. The van der Waals surface area contributed by atoms with Gasteiger partial charge in [-0.1, -0.05) is 32.9 Å². The third-order valence-electron chi connectivity index (χ3n) is 6.41. The summed E-state index contributed by atoms with van der Waals surface area (Å²) >= 11 is 0. The fourth-order valence-corrected chi connectivity index (χ4v) is 3.55. The normalized spacial score (nSPS) is 14.4. The summed E-state index contributed by atoms with van der Waals surface area (Å²) < 4.78 is 163. The SMILES string of the molecule is CC(C)(C)C(O)CC(O)C(F)(F)C(F)(F)C(F)(F)F.Cc1cnc(-c2[c-]cc(C(F)(F)F)cc2)c(-c2ccc(C(F)(F)F)cc2)n1.[Ir]. The van der Waals surface area contributed by atoms with Crippen molar-refractivity contribution in [3.05, 3.63) is 71.5 Å². The number of aromatic nitrogens is 2. The minimum atomic E-state index is -6.50. The number of aliphatic hydroxyl groups excluding tert-OH is 2. The Morgan fingerprint density at radius 3 is 1.60 bits per heavy atom. The zero-order valence-corrected chi connectivity index (χ0v) is 26.9. The van der Waals surface area contributed by atoms with E-state index in [9.17, 15) is 62.2 Å². The van der Waals surface area contributed by atoms with Crippen molar-refractivity contribution in [2.45, 2.75) is 76.7 Å². The average molecular weight is 874 g/mol. The summed E-state index contributed by atoms with van der Waals surface area (Å²) in [5.41, 5.74) is -1.09. The molecule has 0 aliphatic heterocycles. The topological polar surface area (TPSA) is 66.2 Å². The standard InChI is InChI=1S/C19H11F6N2.C10H15F7O2.Ir/c1-11-10-26-16(12-2-6-14(7-3-12)18(20,21)22)17(27-11)13-4-8-15(9-5-13)19(23,24)25;1-7(2,3)5(18)4-6(19)8(11,12)9(13,14)10(15,16)17;/h2,4-10H,1H3;5-6,18-19H,4H2,1-3H3;/q-1;;. The van der Waals surface area contributed by atoms with Crippen LogP contribution in [0.15, 0.2) is 48.7 Å². The molecule has 0 aliphatic carbocycles. The minimum absolute atomic E-state index is 0. The molecule has 1 aromatic heterocycles. The van der Waals surface area contributed by atoms with Crippen LogP contribution in [-0.2, 0) is 32.5 Å². The quantitative estimate of drug-likeness (QED) is 0.192. The van der Waals surface area contributed by atoms with E-state index in [0.717, 1.165) is 24.3 Å². The summed E-state index contributed by atoms with van der Waals surface area (Å²) in [5.74, 6) is -12.1. The second-order valence-corrected chi connectivity index (χ2v) is 11.1. The zero-order chi connectivity index (χ0) is 35.7. The van der Waals surface area contributed by atoms with Gasteiger partial charge < -0.3 is 15.2 Å². The van der Waals surface area contributed by atoms with E-state index >= 15 is 0 Å². The van der Waals surface area contributed by atoms with Crippen LogP contribution in [0.1, 0.15) is 44.0 Å². The molecule has 2 N–H and O–H groups in total. The molecule has 0 amide bonds. The average Bonchev–Trinajstić information content (AvgIpc) is 2.91. The number of hydrogen-bond acceptors (Lipinski definition) is 4. The molecule has 0 saturated carbocycles. The van der Waals surface area contributed by atoms with E-state index < -0.39 is 65.5 Å². The number of benzene rings is 2. The number of alkyl halides is 13. The molecule has 1 heterocycles. The van der Waals surface area contributed by atoms with Crippen molar-refractivity contribution < 1.29 is 87.4 Å². The predicted molar refractivity (Wildman–Crippen MR) is 139 cm³/mol. The van der Waals surface area contributed by atoms with Gasteiger partial charge in [-0.05, 0) is 35.6 Å². The van der Waals surface area contributed by atoms with Crippen molar-refractivity contribution in [2.75, 3.05) is 0 Å². The van der Waals surface area contributed by atoms with E-state index in [4.69, 9.17) is 5.11 Å². The molecule has 2 atom stereocenters. The van der Waals surface area contributed by atoms with Crippen LogP contribution in [0.25, 0.3) is 22.5 Å². The molecule has 1 radical (unpaired) electrons. The number of aliphatic hydroxyl groups is 2. The van der Waals surface area contributed by atoms with Crippen LogP contribution in [0.4, 0.5) is 57.1 Å². The van der Waals surface area contributed by atoms with Crippen LogP contribution in [0.5, 0.6) is 0 Å².